The zero-order valence-electron chi connectivity index (χ0n) is 15.5. The van der Waals surface area contributed by atoms with Gasteiger partial charge in [0.1, 0.15) is 11.6 Å². The molecular weight excluding hydrogens is 338 g/mol. The first-order chi connectivity index (χ1) is 13.1. The Labute approximate surface area is 159 Å². The van der Waals surface area contributed by atoms with E-state index in [0.717, 1.165) is 11.4 Å². The van der Waals surface area contributed by atoms with Gasteiger partial charge in [-0.1, -0.05) is 44.2 Å². The standard InChI is InChI=1S/C22H23N3O2/c1-16(2)17-8-10-18(11-9-17)24-19-12-13-21(23-14-19)25-22(26)15-27-20-6-4-3-5-7-20/h3-14,16,24H,15H2,1-2H3,(H,23,25,26). The van der Waals surface area contributed by atoms with Crippen LogP contribution >= 0.6 is 0 Å². The van der Waals surface area contributed by atoms with E-state index in [4.69, 9.17) is 4.74 Å². The van der Waals surface area contributed by atoms with Crippen molar-refractivity contribution in [2.24, 2.45) is 0 Å². The summed E-state index contributed by atoms with van der Waals surface area (Å²) >= 11 is 0. The lowest BCUT2D eigenvalue weighted by atomic mass is 10.0. The van der Waals surface area contributed by atoms with Gasteiger partial charge in [0.15, 0.2) is 6.61 Å². The Morgan fingerprint density at radius 3 is 2.30 bits per heavy atom. The molecule has 27 heavy (non-hydrogen) atoms. The number of anilines is 3. The van der Waals surface area contributed by atoms with Gasteiger partial charge in [0.2, 0.25) is 0 Å². The Hall–Kier alpha value is -3.34. The van der Waals surface area contributed by atoms with Gasteiger partial charge in [-0.05, 0) is 47.9 Å². The number of hydrogen-bond donors (Lipinski definition) is 2. The summed E-state index contributed by atoms with van der Waals surface area (Å²) in [4.78, 5) is 16.2. The van der Waals surface area contributed by atoms with Crippen molar-refractivity contribution in [1.82, 2.24) is 4.98 Å². The second-order valence-electron chi connectivity index (χ2n) is 6.48. The molecule has 3 aromatic rings. The zero-order chi connectivity index (χ0) is 19.1. The monoisotopic (exact) mass is 361 g/mol. The number of nitrogens with one attached hydrogen (secondary N) is 2. The van der Waals surface area contributed by atoms with Crippen LogP contribution in [0, 0.1) is 0 Å². The summed E-state index contributed by atoms with van der Waals surface area (Å²) in [5.74, 6) is 1.40. The summed E-state index contributed by atoms with van der Waals surface area (Å²) < 4.78 is 5.42. The quantitative estimate of drug-likeness (QED) is 0.624. The van der Waals surface area contributed by atoms with Gasteiger partial charge < -0.3 is 15.4 Å². The van der Waals surface area contributed by atoms with Gasteiger partial charge in [-0.25, -0.2) is 4.98 Å². The number of carbonyl (C=O) groups is 1. The van der Waals surface area contributed by atoms with E-state index in [1.807, 2.05) is 36.4 Å². The van der Waals surface area contributed by atoms with Gasteiger partial charge in [0.25, 0.3) is 5.91 Å². The third-order valence-corrected chi connectivity index (χ3v) is 4.01. The molecule has 0 spiro atoms. The lowest BCUT2D eigenvalue weighted by Gasteiger charge is -2.10. The minimum absolute atomic E-state index is 0.0616. The van der Waals surface area contributed by atoms with Gasteiger partial charge in [-0.3, -0.25) is 4.79 Å². The molecule has 0 radical (unpaired) electrons. The predicted molar refractivity (Wildman–Crippen MR) is 109 cm³/mol. The SMILES string of the molecule is CC(C)c1ccc(Nc2ccc(NC(=O)COc3ccccc3)nc2)cc1. The molecule has 2 aromatic carbocycles. The summed E-state index contributed by atoms with van der Waals surface area (Å²) in [5, 5.41) is 6.02. The molecule has 0 atom stereocenters. The first-order valence-electron chi connectivity index (χ1n) is 8.91. The zero-order valence-corrected chi connectivity index (χ0v) is 15.5. The van der Waals surface area contributed by atoms with E-state index in [1.54, 1.807) is 24.4 Å². The van der Waals surface area contributed by atoms with Crippen LogP contribution in [0.15, 0.2) is 72.9 Å². The van der Waals surface area contributed by atoms with Crippen molar-refractivity contribution in [1.29, 1.82) is 0 Å². The molecule has 0 saturated heterocycles. The van der Waals surface area contributed by atoms with Crippen LogP contribution in [0.4, 0.5) is 17.2 Å². The highest BCUT2D eigenvalue weighted by Crippen LogP contribution is 2.20. The second kappa shape index (κ2) is 8.85. The van der Waals surface area contributed by atoms with Gasteiger partial charge in [-0.15, -0.1) is 0 Å². The maximum absolute atomic E-state index is 12.0. The van der Waals surface area contributed by atoms with E-state index >= 15 is 0 Å². The van der Waals surface area contributed by atoms with Crippen molar-refractivity contribution >= 4 is 23.1 Å². The minimum Gasteiger partial charge on any atom is -0.484 e. The third kappa shape index (κ3) is 5.57. The van der Waals surface area contributed by atoms with Crippen LogP contribution in [0.1, 0.15) is 25.3 Å². The number of rotatable bonds is 7. The Morgan fingerprint density at radius 2 is 1.67 bits per heavy atom. The number of nitrogens with zero attached hydrogens (tertiary/aromatic N) is 1. The first kappa shape index (κ1) is 18.5. The van der Waals surface area contributed by atoms with Crippen LogP contribution in [0.5, 0.6) is 5.75 Å². The summed E-state index contributed by atoms with van der Waals surface area (Å²) in [6.07, 6.45) is 1.68. The van der Waals surface area contributed by atoms with Crippen molar-refractivity contribution in [3.8, 4) is 5.75 Å². The second-order valence-corrected chi connectivity index (χ2v) is 6.48. The predicted octanol–water partition coefficient (Wildman–Crippen LogP) is 4.97. The number of benzene rings is 2. The molecule has 0 fully saturated rings. The molecule has 0 unspecified atom stereocenters. The highest BCUT2D eigenvalue weighted by Gasteiger charge is 2.05. The van der Waals surface area contributed by atoms with E-state index in [0.29, 0.717) is 17.5 Å². The molecule has 0 aliphatic rings. The Balaban J connectivity index is 1.51. The smallest absolute Gasteiger partial charge is 0.263 e. The number of ether oxygens (including phenoxy) is 1. The van der Waals surface area contributed by atoms with Crippen LogP contribution in [0.3, 0.4) is 0 Å². The maximum atomic E-state index is 12.0. The average Bonchev–Trinajstić information content (AvgIpc) is 2.69. The van der Waals surface area contributed by atoms with Crippen LogP contribution in [0.25, 0.3) is 0 Å². The number of pyridine rings is 1. The van der Waals surface area contributed by atoms with E-state index < -0.39 is 0 Å². The molecule has 2 N–H and O–H groups in total. The van der Waals surface area contributed by atoms with Crippen LogP contribution in [-0.4, -0.2) is 17.5 Å². The number of aromatic nitrogens is 1. The first-order valence-corrected chi connectivity index (χ1v) is 8.91. The van der Waals surface area contributed by atoms with Crippen molar-refractivity contribution < 1.29 is 9.53 Å². The molecule has 0 aliphatic heterocycles. The topological polar surface area (TPSA) is 63.2 Å². The van der Waals surface area contributed by atoms with Crippen molar-refractivity contribution in [2.45, 2.75) is 19.8 Å². The molecule has 0 bridgehead atoms. The van der Waals surface area contributed by atoms with Crippen LogP contribution in [-0.2, 0) is 4.79 Å². The number of carbonyl (C=O) groups excluding carboxylic acids is 1. The number of para-hydroxylation sites is 1. The fourth-order valence-corrected chi connectivity index (χ4v) is 2.50. The van der Waals surface area contributed by atoms with Gasteiger partial charge in [-0.2, -0.15) is 0 Å². The fraction of sp³-hybridized carbons (Fsp3) is 0.182. The van der Waals surface area contributed by atoms with Crippen molar-refractivity contribution in [2.75, 3.05) is 17.2 Å². The molecule has 0 aliphatic carbocycles. The van der Waals surface area contributed by atoms with Crippen molar-refractivity contribution in [3.05, 3.63) is 78.5 Å². The summed E-state index contributed by atoms with van der Waals surface area (Å²) in [6, 6.07) is 21.2. The van der Waals surface area contributed by atoms with Crippen LogP contribution < -0.4 is 15.4 Å². The van der Waals surface area contributed by atoms with E-state index in [-0.39, 0.29) is 12.5 Å². The van der Waals surface area contributed by atoms with E-state index in [1.165, 1.54) is 5.56 Å². The summed E-state index contributed by atoms with van der Waals surface area (Å²) in [6.45, 7) is 4.28. The molecular formula is C22H23N3O2. The molecule has 0 saturated carbocycles. The molecule has 1 aromatic heterocycles. The number of hydrogen-bond acceptors (Lipinski definition) is 4. The summed E-state index contributed by atoms with van der Waals surface area (Å²) in [7, 11) is 0. The maximum Gasteiger partial charge on any atom is 0.263 e. The Bertz CT molecular complexity index is 860. The van der Waals surface area contributed by atoms with Gasteiger partial charge >= 0.3 is 0 Å². The van der Waals surface area contributed by atoms with Crippen molar-refractivity contribution in [3.63, 3.8) is 0 Å². The summed E-state index contributed by atoms with van der Waals surface area (Å²) in [5.41, 5.74) is 3.15. The minimum atomic E-state index is -0.253. The van der Waals surface area contributed by atoms with Crippen LogP contribution in [0.2, 0.25) is 0 Å². The lowest BCUT2D eigenvalue weighted by molar-refractivity contribution is -0.118. The highest BCUT2D eigenvalue weighted by molar-refractivity contribution is 5.91. The molecule has 5 heteroatoms. The highest BCUT2D eigenvalue weighted by atomic mass is 16.5. The Morgan fingerprint density at radius 1 is 0.963 bits per heavy atom. The molecule has 1 amide bonds. The molecule has 1 heterocycles. The Kier molecular flexibility index (Phi) is 6.05. The van der Waals surface area contributed by atoms with Gasteiger partial charge in [0, 0.05) is 5.69 Å². The number of amides is 1. The van der Waals surface area contributed by atoms with Gasteiger partial charge in [0.05, 0.1) is 11.9 Å². The lowest BCUT2D eigenvalue weighted by Crippen LogP contribution is -2.20. The molecule has 3 rings (SSSR count). The fourth-order valence-electron chi connectivity index (χ4n) is 2.50. The normalized spacial score (nSPS) is 10.5. The van der Waals surface area contributed by atoms with E-state index in [9.17, 15) is 4.79 Å². The molecule has 138 valence electrons. The average molecular weight is 361 g/mol. The van der Waals surface area contributed by atoms with E-state index in [2.05, 4.69) is 41.6 Å². The largest absolute Gasteiger partial charge is 0.484 e. The third-order valence-electron chi connectivity index (χ3n) is 4.01. The molecule has 5 nitrogen and oxygen atoms in total.